The molecular weight excluding hydrogens is 415 g/mol. The van der Waals surface area contributed by atoms with Gasteiger partial charge in [0.15, 0.2) is 11.6 Å². The number of aryl methyl sites for hydroxylation is 1. The lowest BCUT2D eigenvalue weighted by Crippen LogP contribution is -2.01. The first kappa shape index (κ1) is 15.7. The second-order valence-corrected chi connectivity index (χ2v) is 6.29. The van der Waals surface area contributed by atoms with Crippen molar-refractivity contribution < 1.29 is 8.78 Å². The van der Waals surface area contributed by atoms with Crippen molar-refractivity contribution in [3.63, 3.8) is 0 Å². The van der Waals surface area contributed by atoms with Crippen LogP contribution in [0.2, 0.25) is 0 Å². The Balaban J connectivity index is 2.13. The lowest BCUT2D eigenvalue weighted by Gasteiger charge is -2.14. The van der Waals surface area contributed by atoms with Crippen LogP contribution in [0.15, 0.2) is 41.2 Å². The highest BCUT2D eigenvalue weighted by Crippen LogP contribution is 2.33. The molecular formula is C16H12F2IN3O. The van der Waals surface area contributed by atoms with Gasteiger partial charge >= 0.3 is 0 Å². The molecule has 0 aliphatic carbocycles. The van der Waals surface area contributed by atoms with Gasteiger partial charge in [0.2, 0.25) is 0 Å². The predicted octanol–water partition coefficient (Wildman–Crippen LogP) is 4.30. The van der Waals surface area contributed by atoms with Gasteiger partial charge in [-0.2, -0.15) is 0 Å². The molecule has 0 saturated heterocycles. The molecule has 0 amide bonds. The zero-order chi connectivity index (χ0) is 16.6. The van der Waals surface area contributed by atoms with Crippen LogP contribution in [0.3, 0.4) is 0 Å². The predicted molar refractivity (Wildman–Crippen MR) is 93.9 cm³/mol. The van der Waals surface area contributed by atoms with Crippen molar-refractivity contribution >= 4 is 34.0 Å². The highest BCUT2D eigenvalue weighted by Gasteiger charge is 2.17. The van der Waals surface area contributed by atoms with Crippen LogP contribution in [0.1, 0.15) is 5.56 Å². The Morgan fingerprint density at radius 3 is 2.52 bits per heavy atom. The zero-order valence-corrected chi connectivity index (χ0v) is 14.2. The average molecular weight is 427 g/mol. The fourth-order valence-corrected chi connectivity index (χ4v) is 2.92. The molecule has 3 aromatic rings. The molecule has 0 aliphatic heterocycles. The topological polar surface area (TPSA) is 60.7 Å². The van der Waals surface area contributed by atoms with Crippen LogP contribution in [0.25, 0.3) is 11.3 Å². The van der Waals surface area contributed by atoms with E-state index in [1.165, 1.54) is 12.1 Å². The summed E-state index contributed by atoms with van der Waals surface area (Å²) in [4.78, 5) is 11.3. The van der Waals surface area contributed by atoms with Crippen LogP contribution < -0.4 is 10.9 Å². The number of aromatic nitrogens is 2. The van der Waals surface area contributed by atoms with Crippen LogP contribution in [0.5, 0.6) is 0 Å². The maximum absolute atomic E-state index is 14.3. The Kier molecular flexibility index (Phi) is 4.20. The molecule has 23 heavy (non-hydrogen) atoms. The van der Waals surface area contributed by atoms with Crippen molar-refractivity contribution in [2.45, 2.75) is 6.92 Å². The number of nitrogens with one attached hydrogen (secondary N) is 3. The van der Waals surface area contributed by atoms with Gasteiger partial charge in [-0.05, 0) is 65.4 Å². The molecule has 2 aromatic carbocycles. The number of aromatic amines is 2. The summed E-state index contributed by atoms with van der Waals surface area (Å²) in [6.45, 7) is 1.87. The highest BCUT2D eigenvalue weighted by molar-refractivity contribution is 14.1. The number of rotatable bonds is 3. The molecule has 3 N–H and O–H groups in total. The summed E-state index contributed by atoms with van der Waals surface area (Å²) in [7, 11) is 0. The molecule has 1 aromatic heterocycles. The summed E-state index contributed by atoms with van der Waals surface area (Å²) in [5.74, 6) is -1.96. The highest BCUT2D eigenvalue weighted by atomic mass is 127. The van der Waals surface area contributed by atoms with Crippen molar-refractivity contribution in [2.75, 3.05) is 5.32 Å². The number of hydrogen-bond acceptors (Lipinski definition) is 2. The Bertz CT molecular complexity index is 933. The normalized spacial score (nSPS) is 10.8. The first-order valence-electron chi connectivity index (χ1n) is 6.75. The largest absolute Gasteiger partial charge is 0.352 e. The first-order valence-corrected chi connectivity index (χ1v) is 7.83. The smallest absolute Gasteiger partial charge is 0.264 e. The molecule has 0 atom stereocenters. The Hall–Kier alpha value is -2.16. The third kappa shape index (κ3) is 3.14. The SMILES string of the molecule is Cc1cc(I)ccc1Nc1c(-c2cc(=O)[nH][nH]2)ccc(F)c1F. The van der Waals surface area contributed by atoms with Gasteiger partial charge in [0.05, 0.1) is 11.4 Å². The van der Waals surface area contributed by atoms with E-state index in [1.54, 1.807) is 6.07 Å². The standard InChI is InChI=1S/C16H12F2IN3O/c1-8-6-9(19)2-5-12(8)20-16-10(3-4-11(17)15(16)18)13-7-14(23)22-21-13/h2-7,20H,1H3,(H2,21,22,23). The fraction of sp³-hybridized carbons (Fsp3) is 0.0625. The van der Waals surface area contributed by atoms with E-state index in [4.69, 9.17) is 0 Å². The van der Waals surface area contributed by atoms with Gasteiger partial charge in [-0.3, -0.25) is 15.0 Å². The summed E-state index contributed by atoms with van der Waals surface area (Å²) >= 11 is 2.18. The van der Waals surface area contributed by atoms with E-state index in [1.807, 2.05) is 19.1 Å². The zero-order valence-electron chi connectivity index (χ0n) is 12.0. The van der Waals surface area contributed by atoms with Gasteiger partial charge in [-0.25, -0.2) is 8.78 Å². The minimum Gasteiger partial charge on any atom is -0.352 e. The molecule has 118 valence electrons. The van der Waals surface area contributed by atoms with Gasteiger partial charge in [0.25, 0.3) is 5.56 Å². The molecule has 0 saturated carbocycles. The molecule has 0 spiro atoms. The molecule has 7 heteroatoms. The van der Waals surface area contributed by atoms with E-state index in [9.17, 15) is 13.6 Å². The second-order valence-electron chi connectivity index (χ2n) is 5.04. The van der Waals surface area contributed by atoms with Crippen LogP contribution in [0, 0.1) is 22.1 Å². The molecule has 4 nitrogen and oxygen atoms in total. The maximum Gasteiger partial charge on any atom is 0.264 e. The molecule has 0 bridgehead atoms. The summed E-state index contributed by atoms with van der Waals surface area (Å²) in [5.41, 5.74) is 1.92. The average Bonchev–Trinajstić information content (AvgIpc) is 2.93. The van der Waals surface area contributed by atoms with E-state index < -0.39 is 11.6 Å². The summed E-state index contributed by atoms with van der Waals surface area (Å²) in [6.07, 6.45) is 0. The summed E-state index contributed by atoms with van der Waals surface area (Å²) < 4.78 is 29.0. The minimum absolute atomic E-state index is 0.0236. The first-order chi connectivity index (χ1) is 11.0. The van der Waals surface area contributed by atoms with Crippen LogP contribution in [-0.4, -0.2) is 10.2 Å². The van der Waals surface area contributed by atoms with E-state index in [0.29, 0.717) is 16.9 Å². The van der Waals surface area contributed by atoms with Gasteiger partial charge in [-0.15, -0.1) is 0 Å². The lowest BCUT2D eigenvalue weighted by atomic mass is 10.1. The van der Waals surface area contributed by atoms with Crippen molar-refractivity contribution in [1.82, 2.24) is 10.2 Å². The third-order valence-corrected chi connectivity index (χ3v) is 4.10. The summed E-state index contributed by atoms with van der Waals surface area (Å²) in [5, 5.41) is 7.97. The molecule has 1 heterocycles. The van der Waals surface area contributed by atoms with Crippen LogP contribution in [0.4, 0.5) is 20.2 Å². The summed E-state index contributed by atoms with van der Waals surface area (Å²) in [6, 6.07) is 9.33. The fourth-order valence-electron chi connectivity index (χ4n) is 2.28. The van der Waals surface area contributed by atoms with Crippen LogP contribution >= 0.6 is 22.6 Å². The van der Waals surface area contributed by atoms with Crippen molar-refractivity contribution in [1.29, 1.82) is 0 Å². The van der Waals surface area contributed by atoms with E-state index >= 15 is 0 Å². The Morgan fingerprint density at radius 2 is 1.87 bits per heavy atom. The van der Waals surface area contributed by atoms with Crippen LogP contribution in [-0.2, 0) is 0 Å². The number of hydrogen-bond donors (Lipinski definition) is 3. The number of halogens is 3. The van der Waals surface area contributed by atoms with Crippen molar-refractivity contribution in [3.05, 3.63) is 67.5 Å². The molecule has 0 aliphatic rings. The van der Waals surface area contributed by atoms with Gasteiger partial charge in [0, 0.05) is 20.9 Å². The maximum atomic E-state index is 14.3. The lowest BCUT2D eigenvalue weighted by molar-refractivity contribution is 0.512. The number of anilines is 2. The molecule has 3 rings (SSSR count). The van der Waals surface area contributed by atoms with E-state index in [0.717, 1.165) is 15.2 Å². The Morgan fingerprint density at radius 1 is 1.09 bits per heavy atom. The van der Waals surface area contributed by atoms with E-state index in [-0.39, 0.29) is 11.2 Å². The third-order valence-electron chi connectivity index (χ3n) is 3.43. The van der Waals surface area contributed by atoms with Gasteiger partial charge in [0.1, 0.15) is 0 Å². The Labute approximate surface area is 144 Å². The minimum atomic E-state index is -0.998. The second kappa shape index (κ2) is 6.15. The quantitative estimate of drug-likeness (QED) is 0.546. The molecule has 0 fully saturated rings. The van der Waals surface area contributed by atoms with E-state index in [2.05, 4.69) is 38.1 Å². The van der Waals surface area contributed by atoms with Gasteiger partial charge in [-0.1, -0.05) is 0 Å². The molecule has 0 radical (unpaired) electrons. The van der Waals surface area contributed by atoms with Crippen molar-refractivity contribution in [3.8, 4) is 11.3 Å². The number of H-pyrrole nitrogens is 2. The van der Waals surface area contributed by atoms with Crippen molar-refractivity contribution in [2.24, 2.45) is 0 Å². The monoisotopic (exact) mass is 427 g/mol. The molecule has 0 unspecified atom stereocenters. The number of benzene rings is 2. The van der Waals surface area contributed by atoms with Gasteiger partial charge < -0.3 is 5.32 Å².